The second kappa shape index (κ2) is 13.4. The average Bonchev–Trinajstić information content (AvgIpc) is 2.61. The summed E-state index contributed by atoms with van der Waals surface area (Å²) in [6, 6.07) is 0. The largest absolute Gasteiger partial charge is 0.466 e. The lowest BCUT2D eigenvalue weighted by Gasteiger charge is -2.45. The van der Waals surface area contributed by atoms with Crippen molar-refractivity contribution in [3.8, 4) is 0 Å². The third-order valence-corrected chi connectivity index (χ3v) is 7.22. The van der Waals surface area contributed by atoms with E-state index >= 15 is 0 Å². The molecule has 1 saturated carbocycles. The number of nitrogens with zero attached hydrogens (tertiary/aromatic N) is 1. The van der Waals surface area contributed by atoms with Gasteiger partial charge in [0.25, 0.3) is 0 Å². The molecule has 0 aromatic rings. The van der Waals surface area contributed by atoms with Crippen LogP contribution in [0.5, 0.6) is 0 Å². The molecule has 1 atom stereocenters. The summed E-state index contributed by atoms with van der Waals surface area (Å²) in [6.07, 6.45) is 14.6. The molecular formula is C22H41NO5S. The van der Waals surface area contributed by atoms with E-state index in [4.69, 9.17) is 4.74 Å². The molecule has 6 nitrogen and oxygen atoms in total. The second-order valence-corrected chi connectivity index (χ2v) is 10.3. The van der Waals surface area contributed by atoms with Gasteiger partial charge in [0.05, 0.1) is 19.0 Å². The molecule has 0 aromatic heterocycles. The molecule has 0 heterocycles. The Hall–Kier alpha value is -0.920. The highest BCUT2D eigenvalue weighted by molar-refractivity contribution is 7.88. The van der Waals surface area contributed by atoms with Crippen molar-refractivity contribution in [1.29, 1.82) is 0 Å². The molecule has 0 aromatic carbocycles. The predicted octanol–water partition coefficient (Wildman–Crippen LogP) is 4.04. The number of aliphatic hydroxyl groups excluding tert-OH is 1. The van der Waals surface area contributed by atoms with E-state index in [9.17, 15) is 18.3 Å². The topological polar surface area (TPSA) is 83.9 Å². The molecule has 1 rings (SSSR count). The van der Waals surface area contributed by atoms with Gasteiger partial charge in [-0.25, -0.2) is 8.42 Å². The lowest BCUT2D eigenvalue weighted by Crippen LogP contribution is -2.41. The van der Waals surface area contributed by atoms with Gasteiger partial charge in [-0.2, -0.15) is 4.31 Å². The highest BCUT2D eigenvalue weighted by Crippen LogP contribution is 2.48. The van der Waals surface area contributed by atoms with E-state index in [1.165, 1.54) is 17.0 Å². The monoisotopic (exact) mass is 431 g/mol. The van der Waals surface area contributed by atoms with Crippen molar-refractivity contribution in [3.63, 3.8) is 0 Å². The zero-order valence-corrected chi connectivity index (χ0v) is 19.4. The molecule has 7 heteroatoms. The highest BCUT2D eigenvalue weighted by atomic mass is 32.2. The third-order valence-electron chi connectivity index (χ3n) is 5.95. The zero-order valence-electron chi connectivity index (χ0n) is 18.6. The van der Waals surface area contributed by atoms with Crippen molar-refractivity contribution in [2.24, 2.45) is 5.41 Å². The van der Waals surface area contributed by atoms with Crippen LogP contribution in [-0.2, 0) is 19.6 Å². The van der Waals surface area contributed by atoms with Gasteiger partial charge in [-0.15, -0.1) is 0 Å². The molecule has 1 unspecified atom stereocenters. The first kappa shape index (κ1) is 26.1. The third kappa shape index (κ3) is 9.62. The molecular weight excluding hydrogens is 390 g/mol. The molecule has 1 aliphatic rings. The first-order valence-corrected chi connectivity index (χ1v) is 13.0. The Bertz CT molecular complexity index is 598. The SMILES string of the molecule is CCCC1(C(O)C/C=C/CN(CCCCCCC(=O)OCC)S(C)(=O)=O)CCC1. The summed E-state index contributed by atoms with van der Waals surface area (Å²) in [7, 11) is -3.26. The highest BCUT2D eigenvalue weighted by Gasteiger charge is 2.41. The van der Waals surface area contributed by atoms with E-state index in [2.05, 4.69) is 6.92 Å². The first-order chi connectivity index (χ1) is 13.7. The van der Waals surface area contributed by atoms with Gasteiger partial charge in [-0.3, -0.25) is 4.79 Å². The van der Waals surface area contributed by atoms with Crippen LogP contribution in [-0.4, -0.2) is 55.9 Å². The Morgan fingerprint density at radius 2 is 1.86 bits per heavy atom. The van der Waals surface area contributed by atoms with E-state index in [0.29, 0.717) is 32.5 Å². The number of rotatable bonds is 16. The van der Waals surface area contributed by atoms with Crippen LogP contribution in [0.15, 0.2) is 12.2 Å². The van der Waals surface area contributed by atoms with Crippen LogP contribution >= 0.6 is 0 Å². The Labute approximate surface area is 177 Å². The van der Waals surface area contributed by atoms with Gasteiger partial charge in [-0.05, 0) is 50.9 Å². The Morgan fingerprint density at radius 1 is 1.17 bits per heavy atom. The van der Waals surface area contributed by atoms with Crippen molar-refractivity contribution in [2.45, 2.75) is 90.6 Å². The summed E-state index contributed by atoms with van der Waals surface area (Å²) in [5.74, 6) is -0.166. The van der Waals surface area contributed by atoms with Gasteiger partial charge >= 0.3 is 5.97 Å². The number of carbonyl (C=O) groups is 1. The molecule has 0 amide bonds. The Morgan fingerprint density at radius 3 is 2.41 bits per heavy atom. The molecule has 0 aliphatic heterocycles. The molecule has 0 radical (unpaired) electrons. The van der Waals surface area contributed by atoms with Crippen LogP contribution in [0, 0.1) is 5.41 Å². The molecule has 1 fully saturated rings. The maximum atomic E-state index is 12.0. The summed E-state index contributed by atoms with van der Waals surface area (Å²) in [5, 5.41) is 10.6. The fourth-order valence-electron chi connectivity index (χ4n) is 4.08. The maximum Gasteiger partial charge on any atom is 0.305 e. The summed E-state index contributed by atoms with van der Waals surface area (Å²) >= 11 is 0. The standard InChI is InChI=1S/C22H41NO5S/c1-4-15-22(16-12-17-22)20(24)13-9-11-19-23(29(3,26)27)18-10-7-6-8-14-21(25)28-5-2/h9,11,20,24H,4-8,10,12-19H2,1-3H3/b11-9+. The number of ether oxygens (including phenoxy) is 1. The number of esters is 1. The number of aliphatic hydroxyl groups is 1. The molecule has 170 valence electrons. The maximum absolute atomic E-state index is 12.0. The summed E-state index contributed by atoms with van der Waals surface area (Å²) in [6.45, 7) is 5.18. The van der Waals surface area contributed by atoms with Gasteiger partial charge in [0.1, 0.15) is 0 Å². The van der Waals surface area contributed by atoms with Crippen LogP contribution in [0.1, 0.15) is 84.5 Å². The normalized spacial score (nSPS) is 17.4. The minimum Gasteiger partial charge on any atom is -0.466 e. The fraction of sp³-hybridized carbons (Fsp3) is 0.864. The second-order valence-electron chi connectivity index (χ2n) is 8.28. The summed E-state index contributed by atoms with van der Waals surface area (Å²) < 4.78 is 30.4. The lowest BCUT2D eigenvalue weighted by atomic mass is 9.62. The molecule has 0 bridgehead atoms. The molecule has 0 saturated heterocycles. The van der Waals surface area contributed by atoms with Gasteiger partial charge in [0, 0.05) is 19.5 Å². The summed E-state index contributed by atoms with van der Waals surface area (Å²) in [5.41, 5.74) is 0.0825. The smallest absolute Gasteiger partial charge is 0.305 e. The van der Waals surface area contributed by atoms with Gasteiger partial charge in [0.2, 0.25) is 10.0 Å². The van der Waals surface area contributed by atoms with Crippen molar-refractivity contribution < 1.29 is 23.1 Å². The van der Waals surface area contributed by atoms with Gasteiger partial charge < -0.3 is 9.84 Å². The van der Waals surface area contributed by atoms with Crippen LogP contribution in [0.2, 0.25) is 0 Å². The zero-order chi connectivity index (χ0) is 21.8. The predicted molar refractivity (Wildman–Crippen MR) is 117 cm³/mol. The van der Waals surface area contributed by atoms with E-state index in [1.54, 1.807) is 6.92 Å². The summed E-state index contributed by atoms with van der Waals surface area (Å²) in [4.78, 5) is 11.3. The van der Waals surface area contributed by atoms with Crippen molar-refractivity contribution in [1.82, 2.24) is 4.31 Å². The number of carbonyl (C=O) groups excluding carboxylic acids is 1. The van der Waals surface area contributed by atoms with Crippen LogP contribution < -0.4 is 0 Å². The lowest BCUT2D eigenvalue weighted by molar-refractivity contribution is -0.143. The van der Waals surface area contributed by atoms with Crippen molar-refractivity contribution in [2.75, 3.05) is 26.0 Å². The average molecular weight is 432 g/mol. The molecule has 1 aliphatic carbocycles. The van der Waals surface area contributed by atoms with Gasteiger partial charge in [-0.1, -0.05) is 44.8 Å². The number of hydrogen-bond acceptors (Lipinski definition) is 5. The van der Waals surface area contributed by atoms with Crippen LogP contribution in [0.4, 0.5) is 0 Å². The van der Waals surface area contributed by atoms with Crippen molar-refractivity contribution >= 4 is 16.0 Å². The molecule has 0 spiro atoms. The Kier molecular flexibility index (Phi) is 12.1. The minimum atomic E-state index is -3.26. The molecule has 1 N–H and O–H groups in total. The number of hydrogen-bond donors (Lipinski definition) is 1. The number of sulfonamides is 1. The van der Waals surface area contributed by atoms with E-state index < -0.39 is 10.0 Å². The van der Waals surface area contributed by atoms with Gasteiger partial charge in [0.15, 0.2) is 0 Å². The van der Waals surface area contributed by atoms with Crippen LogP contribution in [0.3, 0.4) is 0 Å². The van der Waals surface area contributed by atoms with Crippen molar-refractivity contribution in [3.05, 3.63) is 12.2 Å². The first-order valence-electron chi connectivity index (χ1n) is 11.2. The van der Waals surface area contributed by atoms with E-state index in [1.807, 2.05) is 12.2 Å². The quantitative estimate of drug-likeness (QED) is 0.226. The van der Waals surface area contributed by atoms with E-state index in [-0.39, 0.29) is 17.5 Å². The Balaban J connectivity index is 2.33. The minimum absolute atomic E-state index is 0.0825. The molecule has 29 heavy (non-hydrogen) atoms. The van der Waals surface area contributed by atoms with Crippen LogP contribution in [0.25, 0.3) is 0 Å². The van der Waals surface area contributed by atoms with E-state index in [0.717, 1.165) is 51.4 Å². The fourth-order valence-corrected chi connectivity index (χ4v) is 4.90. The number of unbranched alkanes of at least 4 members (excludes halogenated alkanes) is 3.